The molecule has 1 amide bonds. The van der Waals surface area contributed by atoms with E-state index in [4.69, 9.17) is 23.2 Å². The molecule has 1 N–H and O–H groups in total. The Hall–Kier alpha value is -1.71. The number of piperidine rings is 1. The lowest BCUT2D eigenvalue weighted by atomic mass is 10.1. The SMILES string of the molecule is C[C@@H](NC(=O)CCc1c(Cl)cccc1Cl)c1ccc(N2CCCCC2)cc1. The van der Waals surface area contributed by atoms with Gasteiger partial charge in [0.15, 0.2) is 0 Å². The first kappa shape index (κ1) is 20.0. The van der Waals surface area contributed by atoms with Crippen LogP contribution in [0.2, 0.25) is 10.0 Å². The average molecular weight is 405 g/mol. The van der Waals surface area contributed by atoms with Crippen LogP contribution in [0.4, 0.5) is 5.69 Å². The molecule has 1 atom stereocenters. The summed E-state index contributed by atoms with van der Waals surface area (Å²) in [7, 11) is 0. The predicted octanol–water partition coefficient (Wildman–Crippen LogP) is 5.79. The summed E-state index contributed by atoms with van der Waals surface area (Å²) >= 11 is 12.3. The number of hydrogen-bond acceptors (Lipinski definition) is 2. The van der Waals surface area contributed by atoms with Crippen LogP contribution in [-0.4, -0.2) is 19.0 Å². The molecule has 3 rings (SSSR count). The lowest BCUT2D eigenvalue weighted by Gasteiger charge is -2.29. The fraction of sp³-hybridized carbons (Fsp3) is 0.409. The first-order chi connectivity index (χ1) is 13.0. The zero-order chi connectivity index (χ0) is 19.2. The fourth-order valence-electron chi connectivity index (χ4n) is 3.53. The molecule has 0 unspecified atom stereocenters. The molecule has 3 nitrogen and oxygen atoms in total. The smallest absolute Gasteiger partial charge is 0.220 e. The molecule has 144 valence electrons. The lowest BCUT2D eigenvalue weighted by Crippen LogP contribution is -2.29. The monoisotopic (exact) mass is 404 g/mol. The van der Waals surface area contributed by atoms with Gasteiger partial charge in [0.2, 0.25) is 5.91 Å². The normalized spacial score (nSPS) is 15.4. The molecule has 0 aromatic heterocycles. The van der Waals surface area contributed by atoms with Gasteiger partial charge in [0, 0.05) is 35.2 Å². The zero-order valence-electron chi connectivity index (χ0n) is 15.7. The molecular weight excluding hydrogens is 379 g/mol. The highest BCUT2D eigenvalue weighted by Crippen LogP contribution is 2.26. The highest BCUT2D eigenvalue weighted by atomic mass is 35.5. The Labute approximate surface area is 171 Å². The first-order valence-electron chi connectivity index (χ1n) is 9.62. The fourth-order valence-corrected chi connectivity index (χ4v) is 4.12. The van der Waals surface area contributed by atoms with Crippen LogP contribution in [0.15, 0.2) is 42.5 Å². The third-order valence-electron chi connectivity index (χ3n) is 5.16. The van der Waals surface area contributed by atoms with Gasteiger partial charge in [-0.15, -0.1) is 0 Å². The predicted molar refractivity (Wildman–Crippen MR) is 114 cm³/mol. The van der Waals surface area contributed by atoms with Gasteiger partial charge in [0.1, 0.15) is 0 Å². The number of nitrogens with zero attached hydrogens (tertiary/aromatic N) is 1. The molecule has 0 radical (unpaired) electrons. The molecule has 1 saturated heterocycles. The Kier molecular flexibility index (Phi) is 7.03. The van der Waals surface area contributed by atoms with Gasteiger partial charge in [-0.05, 0) is 68.0 Å². The lowest BCUT2D eigenvalue weighted by molar-refractivity contribution is -0.121. The van der Waals surface area contributed by atoms with E-state index in [0.717, 1.165) is 24.2 Å². The van der Waals surface area contributed by atoms with Crippen molar-refractivity contribution in [3.8, 4) is 0 Å². The van der Waals surface area contributed by atoms with E-state index < -0.39 is 0 Å². The van der Waals surface area contributed by atoms with Gasteiger partial charge >= 0.3 is 0 Å². The highest BCUT2D eigenvalue weighted by molar-refractivity contribution is 6.36. The van der Waals surface area contributed by atoms with Crippen molar-refractivity contribution < 1.29 is 4.79 Å². The summed E-state index contributed by atoms with van der Waals surface area (Å²) in [6, 6.07) is 13.9. The summed E-state index contributed by atoms with van der Waals surface area (Å²) in [5.74, 6) is -0.00130. The minimum Gasteiger partial charge on any atom is -0.372 e. The number of amides is 1. The molecule has 0 bridgehead atoms. The van der Waals surface area contributed by atoms with E-state index in [2.05, 4.69) is 34.5 Å². The number of hydrogen-bond donors (Lipinski definition) is 1. The minimum atomic E-state index is -0.0328. The van der Waals surface area contributed by atoms with Crippen molar-refractivity contribution in [2.24, 2.45) is 0 Å². The first-order valence-corrected chi connectivity index (χ1v) is 10.4. The Bertz CT molecular complexity index is 750. The Morgan fingerprint density at radius 2 is 1.67 bits per heavy atom. The van der Waals surface area contributed by atoms with Gasteiger partial charge in [-0.25, -0.2) is 0 Å². The second kappa shape index (κ2) is 9.48. The molecule has 0 saturated carbocycles. The summed E-state index contributed by atoms with van der Waals surface area (Å²) in [5, 5.41) is 4.28. The summed E-state index contributed by atoms with van der Waals surface area (Å²) in [6.07, 6.45) is 4.76. The van der Waals surface area contributed by atoms with E-state index in [1.54, 1.807) is 12.1 Å². The quantitative estimate of drug-likeness (QED) is 0.659. The van der Waals surface area contributed by atoms with Gasteiger partial charge in [-0.3, -0.25) is 4.79 Å². The second-order valence-electron chi connectivity index (χ2n) is 7.13. The summed E-state index contributed by atoms with van der Waals surface area (Å²) < 4.78 is 0. The standard InChI is InChI=1S/C22H26Cl2N2O/c1-16(17-8-10-18(11-9-17)26-14-3-2-4-15-26)25-22(27)13-12-19-20(23)6-5-7-21(19)24/h5-11,16H,2-4,12-15H2,1H3,(H,25,27)/t16-/m1/s1. The highest BCUT2D eigenvalue weighted by Gasteiger charge is 2.14. The van der Waals surface area contributed by atoms with Crippen LogP contribution in [0.3, 0.4) is 0 Å². The van der Waals surface area contributed by atoms with Gasteiger partial charge < -0.3 is 10.2 Å². The largest absolute Gasteiger partial charge is 0.372 e. The number of nitrogens with one attached hydrogen (secondary N) is 1. The van der Waals surface area contributed by atoms with Crippen molar-refractivity contribution in [3.05, 3.63) is 63.6 Å². The van der Waals surface area contributed by atoms with Crippen molar-refractivity contribution in [1.82, 2.24) is 5.32 Å². The number of carbonyl (C=O) groups is 1. The van der Waals surface area contributed by atoms with Crippen molar-refractivity contribution in [3.63, 3.8) is 0 Å². The number of carbonyl (C=O) groups excluding carboxylic acids is 1. The molecule has 1 aliphatic heterocycles. The molecule has 1 aliphatic rings. The third kappa shape index (κ3) is 5.40. The van der Waals surface area contributed by atoms with Crippen LogP contribution in [0, 0.1) is 0 Å². The Morgan fingerprint density at radius 3 is 2.30 bits per heavy atom. The molecule has 0 aliphatic carbocycles. The van der Waals surface area contributed by atoms with Crippen molar-refractivity contribution in [2.75, 3.05) is 18.0 Å². The molecule has 1 heterocycles. The average Bonchev–Trinajstić information content (AvgIpc) is 2.68. The van der Waals surface area contributed by atoms with Gasteiger partial charge in [0.25, 0.3) is 0 Å². The van der Waals surface area contributed by atoms with Gasteiger partial charge in [-0.2, -0.15) is 0 Å². The van der Waals surface area contributed by atoms with E-state index in [-0.39, 0.29) is 11.9 Å². The van der Waals surface area contributed by atoms with E-state index in [1.807, 2.05) is 13.0 Å². The summed E-state index contributed by atoms with van der Waals surface area (Å²) in [5.41, 5.74) is 3.21. The van der Waals surface area contributed by atoms with E-state index in [1.165, 1.54) is 24.9 Å². The minimum absolute atomic E-state index is 0.00130. The van der Waals surface area contributed by atoms with Crippen LogP contribution in [0.1, 0.15) is 49.8 Å². The number of anilines is 1. The molecular formula is C22H26Cl2N2O. The Balaban J connectivity index is 1.53. The van der Waals surface area contributed by atoms with Crippen LogP contribution in [0.25, 0.3) is 0 Å². The van der Waals surface area contributed by atoms with Crippen molar-refractivity contribution in [2.45, 2.75) is 45.1 Å². The number of halogens is 2. The third-order valence-corrected chi connectivity index (χ3v) is 5.86. The second-order valence-corrected chi connectivity index (χ2v) is 7.94. The Morgan fingerprint density at radius 1 is 1.04 bits per heavy atom. The van der Waals surface area contributed by atoms with Crippen LogP contribution >= 0.6 is 23.2 Å². The molecule has 2 aromatic rings. The van der Waals surface area contributed by atoms with E-state index in [9.17, 15) is 4.79 Å². The van der Waals surface area contributed by atoms with Crippen LogP contribution in [0.5, 0.6) is 0 Å². The van der Waals surface area contributed by atoms with Crippen molar-refractivity contribution >= 4 is 34.8 Å². The molecule has 2 aromatic carbocycles. The topological polar surface area (TPSA) is 32.3 Å². The van der Waals surface area contributed by atoms with Crippen LogP contribution in [-0.2, 0) is 11.2 Å². The van der Waals surface area contributed by atoms with E-state index in [0.29, 0.717) is 22.9 Å². The molecule has 27 heavy (non-hydrogen) atoms. The molecule has 5 heteroatoms. The molecule has 0 spiro atoms. The summed E-state index contributed by atoms with van der Waals surface area (Å²) in [6.45, 7) is 4.28. The maximum Gasteiger partial charge on any atom is 0.220 e. The van der Waals surface area contributed by atoms with E-state index >= 15 is 0 Å². The van der Waals surface area contributed by atoms with Gasteiger partial charge in [-0.1, -0.05) is 41.4 Å². The maximum absolute atomic E-state index is 12.3. The summed E-state index contributed by atoms with van der Waals surface area (Å²) in [4.78, 5) is 14.8. The number of benzene rings is 2. The molecule has 1 fully saturated rings. The zero-order valence-corrected chi connectivity index (χ0v) is 17.2. The van der Waals surface area contributed by atoms with Gasteiger partial charge in [0.05, 0.1) is 6.04 Å². The van der Waals surface area contributed by atoms with Crippen molar-refractivity contribution in [1.29, 1.82) is 0 Å². The number of rotatable bonds is 6. The van der Waals surface area contributed by atoms with Crippen LogP contribution < -0.4 is 10.2 Å². The maximum atomic E-state index is 12.3.